The minimum absolute atomic E-state index is 0.0647. The van der Waals surface area contributed by atoms with Crippen LogP contribution in [0.5, 0.6) is 0 Å². The number of ether oxygens (including phenoxy) is 1. The maximum absolute atomic E-state index is 12.1. The molecule has 1 fully saturated rings. The van der Waals surface area contributed by atoms with Crippen LogP contribution in [0.15, 0.2) is 0 Å². The Hall–Kier alpha value is -0.650. The summed E-state index contributed by atoms with van der Waals surface area (Å²) < 4.78 is 5.35. The summed E-state index contributed by atoms with van der Waals surface area (Å²) in [5.74, 6) is 0.0313. The van der Waals surface area contributed by atoms with E-state index < -0.39 is 0 Å². The summed E-state index contributed by atoms with van der Waals surface area (Å²) in [7, 11) is 5.96. The van der Waals surface area contributed by atoms with E-state index in [9.17, 15) is 4.79 Å². The van der Waals surface area contributed by atoms with Gasteiger partial charge in [-0.15, -0.1) is 0 Å². The van der Waals surface area contributed by atoms with Crippen molar-refractivity contribution >= 4 is 5.91 Å². The number of hydrogen-bond donors (Lipinski definition) is 2. The molecular weight excluding hydrogens is 230 g/mol. The molecule has 1 rings (SSSR count). The van der Waals surface area contributed by atoms with Crippen molar-refractivity contribution in [2.45, 2.75) is 19.9 Å². The molecule has 2 unspecified atom stereocenters. The number of hydrogen-bond acceptors (Lipinski definition) is 4. The highest BCUT2D eigenvalue weighted by molar-refractivity contribution is 5.79. The van der Waals surface area contributed by atoms with Gasteiger partial charge in [0.1, 0.15) is 0 Å². The predicted octanol–water partition coefficient (Wildman–Crippen LogP) is -0.0752. The lowest BCUT2D eigenvalue weighted by molar-refractivity contribution is -0.125. The predicted molar refractivity (Wildman–Crippen MR) is 72.5 cm³/mol. The Morgan fingerprint density at radius 3 is 2.61 bits per heavy atom. The molecule has 0 saturated carbocycles. The van der Waals surface area contributed by atoms with Crippen LogP contribution < -0.4 is 10.6 Å². The van der Waals surface area contributed by atoms with Crippen LogP contribution in [0.25, 0.3) is 0 Å². The van der Waals surface area contributed by atoms with Gasteiger partial charge in [-0.05, 0) is 26.6 Å². The molecule has 0 aliphatic carbocycles. The SMILES string of the molecule is CNC1COCC1C(=O)NCC(C)(C)CN(C)C. The highest BCUT2D eigenvalue weighted by Crippen LogP contribution is 2.17. The van der Waals surface area contributed by atoms with Crippen molar-refractivity contribution in [1.29, 1.82) is 0 Å². The monoisotopic (exact) mass is 257 g/mol. The molecule has 106 valence electrons. The molecule has 2 N–H and O–H groups in total. The number of nitrogens with one attached hydrogen (secondary N) is 2. The molecule has 1 aliphatic rings. The largest absolute Gasteiger partial charge is 0.379 e. The van der Waals surface area contributed by atoms with Crippen LogP contribution in [-0.4, -0.2) is 64.3 Å². The van der Waals surface area contributed by atoms with Gasteiger partial charge in [-0.25, -0.2) is 0 Å². The third-order valence-corrected chi connectivity index (χ3v) is 3.27. The second-order valence-corrected chi connectivity index (χ2v) is 6.16. The van der Waals surface area contributed by atoms with Crippen molar-refractivity contribution in [3.05, 3.63) is 0 Å². The molecule has 1 heterocycles. The van der Waals surface area contributed by atoms with Crippen molar-refractivity contribution in [3.63, 3.8) is 0 Å². The Bertz CT molecular complexity index is 279. The van der Waals surface area contributed by atoms with Crippen molar-refractivity contribution in [2.75, 3.05) is 47.4 Å². The van der Waals surface area contributed by atoms with Gasteiger partial charge in [-0.2, -0.15) is 0 Å². The summed E-state index contributed by atoms with van der Waals surface area (Å²) in [6.07, 6.45) is 0. The molecule has 0 bridgehead atoms. The minimum atomic E-state index is -0.0647. The minimum Gasteiger partial charge on any atom is -0.379 e. The summed E-state index contributed by atoms with van der Waals surface area (Å²) in [5.41, 5.74) is 0.0771. The summed E-state index contributed by atoms with van der Waals surface area (Å²) >= 11 is 0. The number of amides is 1. The number of likely N-dealkylation sites (N-methyl/N-ethyl adjacent to an activating group) is 1. The zero-order valence-corrected chi connectivity index (χ0v) is 12.2. The topological polar surface area (TPSA) is 53.6 Å². The van der Waals surface area contributed by atoms with Crippen LogP contribution in [0.3, 0.4) is 0 Å². The van der Waals surface area contributed by atoms with Gasteiger partial charge in [0.2, 0.25) is 5.91 Å². The maximum atomic E-state index is 12.1. The summed E-state index contributed by atoms with van der Waals surface area (Å²) in [6, 6.07) is 0.141. The van der Waals surface area contributed by atoms with E-state index in [0.29, 0.717) is 19.8 Å². The molecule has 2 atom stereocenters. The number of carbonyl (C=O) groups excluding carboxylic acids is 1. The van der Waals surface area contributed by atoms with Gasteiger partial charge in [-0.3, -0.25) is 4.79 Å². The molecule has 0 spiro atoms. The average molecular weight is 257 g/mol. The highest BCUT2D eigenvalue weighted by Gasteiger charge is 2.33. The molecule has 0 aromatic heterocycles. The Balaban J connectivity index is 2.41. The van der Waals surface area contributed by atoms with Crippen LogP contribution in [0.4, 0.5) is 0 Å². The molecule has 0 aromatic carbocycles. The second-order valence-electron chi connectivity index (χ2n) is 6.16. The Kier molecular flexibility index (Phi) is 5.56. The van der Waals surface area contributed by atoms with Gasteiger partial charge in [0.25, 0.3) is 0 Å². The van der Waals surface area contributed by atoms with Crippen LogP contribution in [0, 0.1) is 11.3 Å². The smallest absolute Gasteiger partial charge is 0.227 e. The van der Waals surface area contributed by atoms with E-state index >= 15 is 0 Å². The second kappa shape index (κ2) is 6.50. The average Bonchev–Trinajstić information content (AvgIpc) is 2.72. The molecule has 1 aliphatic heterocycles. The number of rotatable bonds is 6. The van der Waals surface area contributed by atoms with E-state index in [2.05, 4.69) is 29.4 Å². The van der Waals surface area contributed by atoms with Gasteiger partial charge in [0.15, 0.2) is 0 Å². The summed E-state index contributed by atoms with van der Waals surface area (Å²) in [5, 5.41) is 6.18. The molecule has 1 amide bonds. The zero-order chi connectivity index (χ0) is 13.8. The van der Waals surface area contributed by atoms with Crippen molar-refractivity contribution in [2.24, 2.45) is 11.3 Å². The summed E-state index contributed by atoms with van der Waals surface area (Å²) in [4.78, 5) is 14.2. The van der Waals surface area contributed by atoms with Crippen molar-refractivity contribution < 1.29 is 9.53 Å². The first-order valence-electron chi connectivity index (χ1n) is 6.53. The zero-order valence-electron chi connectivity index (χ0n) is 12.2. The van der Waals surface area contributed by atoms with E-state index in [1.54, 1.807) is 0 Å². The first-order valence-corrected chi connectivity index (χ1v) is 6.53. The molecule has 1 saturated heterocycles. The van der Waals surface area contributed by atoms with Crippen molar-refractivity contribution in [1.82, 2.24) is 15.5 Å². The lowest BCUT2D eigenvalue weighted by Gasteiger charge is -2.29. The normalized spacial score (nSPS) is 24.6. The molecule has 18 heavy (non-hydrogen) atoms. The fourth-order valence-electron chi connectivity index (χ4n) is 2.47. The maximum Gasteiger partial charge on any atom is 0.227 e. The lowest BCUT2D eigenvalue weighted by Crippen LogP contribution is -2.46. The van der Waals surface area contributed by atoms with Gasteiger partial charge in [-0.1, -0.05) is 13.8 Å². The van der Waals surface area contributed by atoms with Gasteiger partial charge < -0.3 is 20.3 Å². The van der Waals surface area contributed by atoms with Crippen LogP contribution in [0.1, 0.15) is 13.8 Å². The number of nitrogens with zero attached hydrogens (tertiary/aromatic N) is 1. The number of carbonyl (C=O) groups is 1. The van der Waals surface area contributed by atoms with Crippen LogP contribution >= 0.6 is 0 Å². The Morgan fingerprint density at radius 2 is 2.06 bits per heavy atom. The van der Waals surface area contributed by atoms with E-state index in [1.165, 1.54) is 0 Å². The van der Waals surface area contributed by atoms with E-state index in [-0.39, 0.29) is 23.3 Å². The third-order valence-electron chi connectivity index (χ3n) is 3.27. The standard InChI is InChI=1S/C13H27N3O2/c1-13(2,9-16(4)5)8-15-12(17)10-6-18-7-11(10)14-3/h10-11,14H,6-9H2,1-5H3,(H,15,17). The van der Waals surface area contributed by atoms with E-state index in [4.69, 9.17) is 4.74 Å². The Morgan fingerprint density at radius 1 is 1.39 bits per heavy atom. The van der Waals surface area contributed by atoms with Gasteiger partial charge in [0.05, 0.1) is 19.1 Å². The molecule has 0 aromatic rings. The van der Waals surface area contributed by atoms with E-state index in [0.717, 1.165) is 6.54 Å². The fourth-order valence-corrected chi connectivity index (χ4v) is 2.47. The van der Waals surface area contributed by atoms with Gasteiger partial charge in [0, 0.05) is 19.1 Å². The quantitative estimate of drug-likeness (QED) is 0.699. The molecule has 5 heteroatoms. The van der Waals surface area contributed by atoms with E-state index in [1.807, 2.05) is 21.1 Å². The fraction of sp³-hybridized carbons (Fsp3) is 0.923. The van der Waals surface area contributed by atoms with Gasteiger partial charge >= 0.3 is 0 Å². The highest BCUT2D eigenvalue weighted by atomic mass is 16.5. The first kappa shape index (κ1) is 15.4. The van der Waals surface area contributed by atoms with Crippen molar-refractivity contribution in [3.8, 4) is 0 Å². The van der Waals surface area contributed by atoms with Crippen LogP contribution in [0.2, 0.25) is 0 Å². The molecule has 5 nitrogen and oxygen atoms in total. The first-order chi connectivity index (χ1) is 8.35. The third kappa shape index (κ3) is 4.55. The Labute approximate surface area is 110 Å². The van der Waals surface area contributed by atoms with Crippen LogP contribution in [-0.2, 0) is 9.53 Å². The summed E-state index contributed by atoms with van der Waals surface area (Å²) in [6.45, 7) is 7.10. The lowest BCUT2D eigenvalue weighted by atomic mass is 9.92. The molecule has 0 radical (unpaired) electrons. The molecular formula is C13H27N3O2.